The van der Waals surface area contributed by atoms with Crippen LogP contribution in [0.15, 0.2) is 0 Å². The molecule has 2 aliphatic carbocycles. The first kappa shape index (κ1) is 14.8. The third kappa shape index (κ3) is 3.75. The van der Waals surface area contributed by atoms with Crippen LogP contribution in [-0.4, -0.2) is 47.8 Å². The second kappa shape index (κ2) is 5.58. The molecule has 0 aromatic carbocycles. The lowest BCUT2D eigenvalue weighted by atomic mass is 9.70. The van der Waals surface area contributed by atoms with Gasteiger partial charge in [0.2, 0.25) is 0 Å². The molecular formula is C17H32N2O. The van der Waals surface area contributed by atoms with Crippen LogP contribution in [0.5, 0.6) is 0 Å². The van der Waals surface area contributed by atoms with Crippen molar-refractivity contribution in [2.45, 2.75) is 70.4 Å². The first-order chi connectivity index (χ1) is 9.46. The molecule has 0 bridgehead atoms. The first-order valence-corrected chi connectivity index (χ1v) is 8.65. The van der Waals surface area contributed by atoms with Crippen molar-refractivity contribution in [3.05, 3.63) is 0 Å². The molecule has 1 heterocycles. The molecule has 2 N–H and O–H groups in total. The summed E-state index contributed by atoms with van der Waals surface area (Å²) < 4.78 is 0. The van der Waals surface area contributed by atoms with Gasteiger partial charge >= 0.3 is 0 Å². The fraction of sp³-hybridized carbons (Fsp3) is 1.00. The van der Waals surface area contributed by atoms with E-state index in [0.29, 0.717) is 5.41 Å². The molecule has 2 saturated carbocycles. The predicted octanol–water partition coefficient (Wildman–Crippen LogP) is 2.39. The van der Waals surface area contributed by atoms with Gasteiger partial charge in [-0.05, 0) is 50.4 Å². The van der Waals surface area contributed by atoms with E-state index in [4.69, 9.17) is 0 Å². The van der Waals surface area contributed by atoms with E-state index in [0.717, 1.165) is 31.5 Å². The highest BCUT2D eigenvalue weighted by atomic mass is 16.3. The maximum Gasteiger partial charge on any atom is 0.0758 e. The molecule has 3 fully saturated rings. The number of β-amino-alcohol motifs (C(OH)–C–C–N with tert-alkyl or cyclic N) is 1. The molecule has 1 aliphatic heterocycles. The Balaban J connectivity index is 1.59. The third-order valence-electron chi connectivity index (χ3n) is 5.77. The molecule has 0 radical (unpaired) electrons. The van der Waals surface area contributed by atoms with Crippen molar-refractivity contribution in [1.29, 1.82) is 0 Å². The van der Waals surface area contributed by atoms with Gasteiger partial charge in [-0.1, -0.05) is 19.8 Å². The SMILES string of the molecule is CC1CCC(CNC2CC2)(CN2CCC(C)(O)C2)CC1. The van der Waals surface area contributed by atoms with Crippen LogP contribution in [0.3, 0.4) is 0 Å². The maximum atomic E-state index is 10.2. The van der Waals surface area contributed by atoms with E-state index in [9.17, 15) is 5.11 Å². The van der Waals surface area contributed by atoms with Crippen LogP contribution in [0.4, 0.5) is 0 Å². The number of likely N-dealkylation sites (tertiary alicyclic amines) is 1. The highest BCUT2D eigenvalue weighted by molar-refractivity contribution is 4.95. The minimum absolute atomic E-state index is 0.451. The molecule has 1 saturated heterocycles. The molecule has 0 spiro atoms. The largest absolute Gasteiger partial charge is 0.389 e. The molecule has 116 valence electrons. The summed E-state index contributed by atoms with van der Waals surface area (Å²) in [6.07, 6.45) is 9.21. The number of nitrogens with one attached hydrogen (secondary N) is 1. The molecule has 0 aromatic rings. The molecule has 3 nitrogen and oxygen atoms in total. The normalized spacial score (nSPS) is 43.0. The predicted molar refractivity (Wildman–Crippen MR) is 82.8 cm³/mol. The van der Waals surface area contributed by atoms with Crippen molar-refractivity contribution in [2.24, 2.45) is 11.3 Å². The van der Waals surface area contributed by atoms with E-state index in [2.05, 4.69) is 17.1 Å². The van der Waals surface area contributed by atoms with Crippen molar-refractivity contribution in [3.8, 4) is 0 Å². The maximum absolute atomic E-state index is 10.2. The number of nitrogens with zero attached hydrogens (tertiary/aromatic N) is 1. The summed E-state index contributed by atoms with van der Waals surface area (Å²) in [5.74, 6) is 0.908. The lowest BCUT2D eigenvalue weighted by Crippen LogP contribution is -2.46. The number of aliphatic hydroxyl groups is 1. The average molecular weight is 280 g/mol. The zero-order valence-corrected chi connectivity index (χ0v) is 13.3. The van der Waals surface area contributed by atoms with Crippen LogP contribution >= 0.6 is 0 Å². The second-order valence-corrected chi connectivity index (χ2v) is 8.30. The number of hydrogen-bond donors (Lipinski definition) is 2. The molecule has 0 amide bonds. The molecule has 3 heteroatoms. The van der Waals surface area contributed by atoms with E-state index in [-0.39, 0.29) is 0 Å². The number of rotatable bonds is 5. The van der Waals surface area contributed by atoms with E-state index in [1.807, 2.05) is 6.92 Å². The van der Waals surface area contributed by atoms with Crippen LogP contribution in [0.1, 0.15) is 58.8 Å². The summed E-state index contributed by atoms with van der Waals surface area (Å²) in [4.78, 5) is 2.52. The van der Waals surface area contributed by atoms with E-state index >= 15 is 0 Å². The van der Waals surface area contributed by atoms with Gasteiger partial charge in [-0.15, -0.1) is 0 Å². The summed E-state index contributed by atoms with van der Waals surface area (Å²) in [6, 6.07) is 0.813. The summed E-state index contributed by atoms with van der Waals surface area (Å²) in [6.45, 7) is 8.73. The second-order valence-electron chi connectivity index (χ2n) is 8.30. The van der Waals surface area contributed by atoms with Gasteiger partial charge in [0.05, 0.1) is 5.60 Å². The molecule has 0 aromatic heterocycles. The monoisotopic (exact) mass is 280 g/mol. The molecule has 1 unspecified atom stereocenters. The van der Waals surface area contributed by atoms with Crippen LogP contribution in [0.25, 0.3) is 0 Å². The molecule has 20 heavy (non-hydrogen) atoms. The standard InChI is InChI=1S/C17H32N2O/c1-14-5-7-17(8-6-14,11-18-15-3-4-15)13-19-10-9-16(2,20)12-19/h14-15,18,20H,3-13H2,1-2H3. The molecular weight excluding hydrogens is 248 g/mol. The summed E-state index contributed by atoms with van der Waals surface area (Å²) >= 11 is 0. The fourth-order valence-corrected chi connectivity index (χ4v) is 4.06. The van der Waals surface area contributed by atoms with Crippen LogP contribution < -0.4 is 5.32 Å². The lowest BCUT2D eigenvalue weighted by molar-refractivity contribution is 0.0502. The molecule has 1 atom stereocenters. The van der Waals surface area contributed by atoms with Crippen LogP contribution in [0.2, 0.25) is 0 Å². The van der Waals surface area contributed by atoms with Crippen molar-refractivity contribution in [1.82, 2.24) is 10.2 Å². The molecule has 3 rings (SSSR count). The number of hydrogen-bond acceptors (Lipinski definition) is 3. The van der Waals surface area contributed by atoms with Gasteiger partial charge in [0.15, 0.2) is 0 Å². The highest BCUT2D eigenvalue weighted by Gasteiger charge is 2.40. The summed E-state index contributed by atoms with van der Waals surface area (Å²) in [7, 11) is 0. The Morgan fingerprint density at radius 3 is 2.40 bits per heavy atom. The Bertz CT molecular complexity index is 330. The topological polar surface area (TPSA) is 35.5 Å². The minimum Gasteiger partial charge on any atom is -0.389 e. The Morgan fingerprint density at radius 1 is 1.15 bits per heavy atom. The lowest BCUT2D eigenvalue weighted by Gasteiger charge is -2.42. The first-order valence-electron chi connectivity index (χ1n) is 8.65. The van der Waals surface area contributed by atoms with Gasteiger partial charge in [0, 0.05) is 32.2 Å². The van der Waals surface area contributed by atoms with Crippen molar-refractivity contribution < 1.29 is 5.11 Å². The zero-order chi connectivity index (χ0) is 14.2. The van der Waals surface area contributed by atoms with Gasteiger partial charge in [0.1, 0.15) is 0 Å². The van der Waals surface area contributed by atoms with Gasteiger partial charge in [0.25, 0.3) is 0 Å². The van der Waals surface area contributed by atoms with Crippen molar-refractivity contribution >= 4 is 0 Å². The van der Waals surface area contributed by atoms with Crippen LogP contribution in [0, 0.1) is 11.3 Å². The van der Waals surface area contributed by atoms with Crippen molar-refractivity contribution in [2.75, 3.05) is 26.2 Å². The Hall–Kier alpha value is -0.120. The Labute approximate surface area is 124 Å². The van der Waals surface area contributed by atoms with Crippen molar-refractivity contribution in [3.63, 3.8) is 0 Å². The van der Waals surface area contributed by atoms with E-state index in [1.54, 1.807) is 0 Å². The summed E-state index contributed by atoms with van der Waals surface area (Å²) in [5, 5.41) is 14.0. The highest BCUT2D eigenvalue weighted by Crippen LogP contribution is 2.40. The van der Waals surface area contributed by atoms with Gasteiger partial charge in [-0.2, -0.15) is 0 Å². The van der Waals surface area contributed by atoms with Gasteiger partial charge < -0.3 is 10.4 Å². The van der Waals surface area contributed by atoms with Gasteiger partial charge in [-0.25, -0.2) is 0 Å². The summed E-state index contributed by atoms with van der Waals surface area (Å²) in [5.41, 5.74) is 0.0165. The Kier molecular flexibility index (Phi) is 4.13. The quantitative estimate of drug-likeness (QED) is 0.812. The van der Waals surface area contributed by atoms with Crippen LogP contribution in [-0.2, 0) is 0 Å². The molecule has 3 aliphatic rings. The minimum atomic E-state index is -0.451. The average Bonchev–Trinajstić information content (AvgIpc) is 3.16. The van der Waals surface area contributed by atoms with E-state index in [1.165, 1.54) is 51.6 Å². The van der Waals surface area contributed by atoms with Gasteiger partial charge in [-0.3, -0.25) is 4.90 Å². The zero-order valence-electron chi connectivity index (χ0n) is 13.3. The fourth-order valence-electron chi connectivity index (χ4n) is 4.06. The van der Waals surface area contributed by atoms with E-state index < -0.39 is 5.60 Å². The third-order valence-corrected chi connectivity index (χ3v) is 5.77. The smallest absolute Gasteiger partial charge is 0.0758 e. The Morgan fingerprint density at radius 2 is 1.85 bits per heavy atom.